The molecular formula is C27H32N2O6. The van der Waals surface area contributed by atoms with Crippen LogP contribution in [-0.4, -0.2) is 53.5 Å². The molecule has 0 bridgehead atoms. The summed E-state index contributed by atoms with van der Waals surface area (Å²) >= 11 is 0. The van der Waals surface area contributed by atoms with Crippen molar-refractivity contribution in [2.24, 2.45) is 11.8 Å². The van der Waals surface area contributed by atoms with Crippen molar-refractivity contribution in [1.29, 1.82) is 0 Å². The fourth-order valence-corrected chi connectivity index (χ4v) is 5.29. The first kappa shape index (κ1) is 24.7. The van der Waals surface area contributed by atoms with E-state index in [-0.39, 0.29) is 36.8 Å². The number of carbonyl (C=O) groups is 3. The number of hydrogen-bond acceptors (Lipinski definition) is 5. The largest absolute Gasteiger partial charge is 0.481 e. The molecule has 2 aliphatic rings. The highest BCUT2D eigenvalue weighted by atomic mass is 16.5. The van der Waals surface area contributed by atoms with Gasteiger partial charge in [-0.15, -0.1) is 0 Å². The molecule has 186 valence electrons. The van der Waals surface area contributed by atoms with Crippen LogP contribution in [0.5, 0.6) is 0 Å². The van der Waals surface area contributed by atoms with Crippen molar-refractivity contribution in [2.75, 3.05) is 19.7 Å². The van der Waals surface area contributed by atoms with Gasteiger partial charge in [0, 0.05) is 24.9 Å². The van der Waals surface area contributed by atoms with Gasteiger partial charge in [-0.1, -0.05) is 55.0 Å². The summed E-state index contributed by atoms with van der Waals surface area (Å²) < 4.78 is 5.59. The third-order valence-corrected chi connectivity index (χ3v) is 7.02. The molecule has 0 spiro atoms. The third kappa shape index (κ3) is 5.82. The first-order valence-electron chi connectivity index (χ1n) is 12.1. The van der Waals surface area contributed by atoms with Crippen molar-refractivity contribution in [1.82, 2.24) is 10.6 Å². The van der Waals surface area contributed by atoms with Gasteiger partial charge in [-0.05, 0) is 47.9 Å². The lowest BCUT2D eigenvalue weighted by Gasteiger charge is -2.24. The number of hydrogen-bond donors (Lipinski definition) is 4. The molecule has 2 aromatic carbocycles. The van der Waals surface area contributed by atoms with Gasteiger partial charge in [0.2, 0.25) is 5.91 Å². The zero-order valence-corrected chi connectivity index (χ0v) is 19.8. The van der Waals surface area contributed by atoms with Crippen LogP contribution in [0.25, 0.3) is 11.1 Å². The topological polar surface area (TPSA) is 125 Å². The van der Waals surface area contributed by atoms with Crippen LogP contribution in [0.4, 0.5) is 4.79 Å². The Labute approximate surface area is 204 Å². The number of nitrogens with one attached hydrogen (secondary N) is 2. The molecule has 4 N–H and O–H groups in total. The van der Waals surface area contributed by atoms with E-state index in [9.17, 15) is 19.5 Å². The SMILES string of the molecule is CC(O)(CNC(=O)[C@H]1CCC[C@H]1CNC(=O)OCC1c2ccccc2-c2ccccc21)CC(=O)O. The molecule has 0 radical (unpaired) electrons. The molecule has 8 nitrogen and oxygen atoms in total. The van der Waals surface area contributed by atoms with E-state index in [0.29, 0.717) is 13.0 Å². The number of ether oxygens (including phenoxy) is 1. The van der Waals surface area contributed by atoms with Gasteiger partial charge < -0.3 is 25.6 Å². The molecule has 2 aliphatic carbocycles. The quantitative estimate of drug-likeness (QED) is 0.437. The molecule has 0 heterocycles. The molecule has 1 saturated carbocycles. The maximum absolute atomic E-state index is 12.7. The summed E-state index contributed by atoms with van der Waals surface area (Å²) in [7, 11) is 0. The monoisotopic (exact) mass is 480 g/mol. The van der Waals surface area contributed by atoms with Gasteiger partial charge in [0.25, 0.3) is 0 Å². The maximum atomic E-state index is 12.7. The van der Waals surface area contributed by atoms with E-state index in [1.165, 1.54) is 18.1 Å². The Morgan fingerprint density at radius 1 is 1.00 bits per heavy atom. The zero-order valence-electron chi connectivity index (χ0n) is 19.8. The minimum Gasteiger partial charge on any atom is -0.481 e. The first-order chi connectivity index (χ1) is 16.7. The minimum atomic E-state index is -1.52. The van der Waals surface area contributed by atoms with E-state index in [1.54, 1.807) is 0 Å². The second kappa shape index (κ2) is 10.5. The number of alkyl carbamates (subject to hydrolysis) is 1. The van der Waals surface area contributed by atoms with Gasteiger partial charge in [-0.25, -0.2) is 4.79 Å². The summed E-state index contributed by atoms with van der Waals surface area (Å²) in [6.07, 6.45) is 1.38. The number of aliphatic hydroxyl groups is 1. The van der Waals surface area contributed by atoms with E-state index in [1.807, 2.05) is 24.3 Å². The first-order valence-corrected chi connectivity index (χ1v) is 12.1. The molecular weight excluding hydrogens is 448 g/mol. The molecule has 1 fully saturated rings. The van der Waals surface area contributed by atoms with Gasteiger partial charge in [-0.2, -0.15) is 0 Å². The standard InChI is InChI=1S/C27H32N2O6/c1-27(34,13-24(30)31)16-29-25(32)18-12-6-7-17(18)14-28-26(33)35-15-23-21-10-4-2-8-19(21)20-9-3-5-11-22(20)23/h2-5,8-11,17-18,23,34H,6-7,12-16H2,1H3,(H,28,33)(H,29,32)(H,30,31)/t17-,18-,27?/m0/s1. The Morgan fingerprint density at radius 3 is 2.26 bits per heavy atom. The number of amides is 2. The molecule has 3 atom stereocenters. The summed E-state index contributed by atoms with van der Waals surface area (Å²) in [6, 6.07) is 16.3. The fraction of sp³-hybridized carbons (Fsp3) is 0.444. The van der Waals surface area contributed by atoms with Crippen molar-refractivity contribution in [3.8, 4) is 11.1 Å². The molecule has 4 rings (SSSR count). The Hall–Kier alpha value is -3.39. The smallest absolute Gasteiger partial charge is 0.407 e. The Bertz CT molecular complexity index is 1050. The lowest BCUT2D eigenvalue weighted by atomic mass is 9.94. The number of fused-ring (bicyclic) bond motifs is 3. The Balaban J connectivity index is 1.27. The van der Waals surface area contributed by atoms with E-state index < -0.39 is 24.1 Å². The molecule has 1 unspecified atom stereocenters. The summed E-state index contributed by atoms with van der Waals surface area (Å²) in [4.78, 5) is 36.0. The number of rotatable bonds is 9. The lowest BCUT2D eigenvalue weighted by Crippen LogP contribution is -2.45. The second-order valence-electron chi connectivity index (χ2n) is 9.79. The van der Waals surface area contributed by atoms with Crippen LogP contribution in [0.1, 0.15) is 49.7 Å². The molecule has 2 amide bonds. The highest BCUT2D eigenvalue weighted by Gasteiger charge is 2.35. The van der Waals surface area contributed by atoms with Crippen molar-refractivity contribution < 1.29 is 29.3 Å². The van der Waals surface area contributed by atoms with Gasteiger partial charge in [0.05, 0.1) is 12.0 Å². The molecule has 0 saturated heterocycles. The van der Waals surface area contributed by atoms with E-state index in [0.717, 1.165) is 24.0 Å². The van der Waals surface area contributed by atoms with E-state index >= 15 is 0 Å². The minimum absolute atomic E-state index is 0.0169. The summed E-state index contributed by atoms with van der Waals surface area (Å²) in [5.41, 5.74) is 3.11. The van der Waals surface area contributed by atoms with Gasteiger partial charge >= 0.3 is 12.1 Å². The molecule has 8 heteroatoms. The number of carboxylic acids is 1. The number of carbonyl (C=O) groups excluding carboxylic acids is 2. The number of benzene rings is 2. The predicted molar refractivity (Wildman–Crippen MR) is 130 cm³/mol. The summed E-state index contributed by atoms with van der Waals surface area (Å²) in [6.45, 7) is 1.79. The van der Waals surface area contributed by atoms with Crippen LogP contribution >= 0.6 is 0 Å². The predicted octanol–water partition coefficient (Wildman–Crippen LogP) is 3.28. The average molecular weight is 481 g/mol. The number of aliphatic carboxylic acids is 1. The highest BCUT2D eigenvalue weighted by Crippen LogP contribution is 2.44. The van der Waals surface area contributed by atoms with Crippen LogP contribution in [0.3, 0.4) is 0 Å². The Kier molecular flexibility index (Phi) is 7.40. The average Bonchev–Trinajstić information content (AvgIpc) is 3.42. The van der Waals surface area contributed by atoms with E-state index in [2.05, 4.69) is 34.9 Å². The van der Waals surface area contributed by atoms with Crippen molar-refractivity contribution >= 4 is 18.0 Å². The molecule has 0 aliphatic heterocycles. The third-order valence-electron chi connectivity index (χ3n) is 7.02. The van der Waals surface area contributed by atoms with Crippen LogP contribution in [0.15, 0.2) is 48.5 Å². The maximum Gasteiger partial charge on any atom is 0.407 e. The second-order valence-corrected chi connectivity index (χ2v) is 9.79. The van der Waals surface area contributed by atoms with Gasteiger partial charge in [0.15, 0.2) is 0 Å². The number of carboxylic acid groups (broad SMARTS) is 1. The summed E-state index contributed by atoms with van der Waals surface area (Å²) in [5.74, 6) is -1.72. The van der Waals surface area contributed by atoms with Crippen LogP contribution in [0.2, 0.25) is 0 Å². The van der Waals surface area contributed by atoms with Crippen molar-refractivity contribution in [2.45, 2.75) is 44.1 Å². The lowest BCUT2D eigenvalue weighted by molar-refractivity contribution is -0.142. The molecule has 0 aromatic heterocycles. The fourth-order valence-electron chi connectivity index (χ4n) is 5.29. The van der Waals surface area contributed by atoms with Crippen molar-refractivity contribution in [3.63, 3.8) is 0 Å². The molecule has 2 aromatic rings. The van der Waals surface area contributed by atoms with Gasteiger partial charge in [-0.3, -0.25) is 9.59 Å². The van der Waals surface area contributed by atoms with E-state index in [4.69, 9.17) is 9.84 Å². The highest BCUT2D eigenvalue weighted by molar-refractivity contribution is 5.80. The zero-order chi connectivity index (χ0) is 25.0. The van der Waals surface area contributed by atoms with Gasteiger partial charge in [0.1, 0.15) is 6.61 Å². The van der Waals surface area contributed by atoms with Crippen molar-refractivity contribution in [3.05, 3.63) is 59.7 Å². The molecule has 35 heavy (non-hydrogen) atoms. The Morgan fingerprint density at radius 2 is 1.63 bits per heavy atom. The van der Waals surface area contributed by atoms with Crippen LogP contribution in [-0.2, 0) is 14.3 Å². The van der Waals surface area contributed by atoms with Crippen LogP contribution < -0.4 is 10.6 Å². The summed E-state index contributed by atoms with van der Waals surface area (Å²) in [5, 5.41) is 24.5. The normalized spacial score (nSPS) is 20.4. The van der Waals surface area contributed by atoms with Crippen LogP contribution in [0, 0.1) is 11.8 Å².